The highest BCUT2D eigenvalue weighted by atomic mass is 19.1. The molecule has 64 valence electrons. The van der Waals surface area contributed by atoms with Gasteiger partial charge in [0.25, 0.3) is 0 Å². The van der Waals surface area contributed by atoms with Crippen LogP contribution in [-0.2, 0) is 0 Å². The van der Waals surface area contributed by atoms with Crippen LogP contribution in [-0.4, -0.2) is 19.8 Å². The molecule has 0 atom stereocenters. The van der Waals surface area contributed by atoms with Crippen LogP contribution in [0.1, 0.15) is 25.7 Å². The van der Waals surface area contributed by atoms with Gasteiger partial charge in [-0.2, -0.15) is 0 Å². The van der Waals surface area contributed by atoms with E-state index in [1.54, 1.807) is 0 Å². The highest BCUT2D eigenvalue weighted by Gasteiger charge is 2.52. The third kappa shape index (κ3) is 1.56. The van der Waals surface area contributed by atoms with Gasteiger partial charge in [-0.3, -0.25) is 0 Å². The van der Waals surface area contributed by atoms with Crippen molar-refractivity contribution in [3.63, 3.8) is 0 Å². The van der Waals surface area contributed by atoms with Crippen LogP contribution in [0.5, 0.6) is 0 Å². The number of nitrogens with one attached hydrogen (secondary N) is 1. The molecule has 0 aromatic rings. The Morgan fingerprint density at radius 3 is 2.55 bits per heavy atom. The van der Waals surface area contributed by atoms with Gasteiger partial charge in [-0.25, -0.2) is 4.39 Å². The number of rotatable bonds is 5. The minimum atomic E-state index is -0.221. The van der Waals surface area contributed by atoms with E-state index in [2.05, 4.69) is 5.32 Å². The molecule has 11 heavy (non-hydrogen) atoms. The van der Waals surface area contributed by atoms with Crippen molar-refractivity contribution in [2.75, 3.05) is 19.8 Å². The van der Waals surface area contributed by atoms with Gasteiger partial charge in [-0.1, -0.05) is 0 Å². The molecule has 2 fully saturated rings. The van der Waals surface area contributed by atoms with E-state index < -0.39 is 0 Å². The van der Waals surface area contributed by atoms with Crippen LogP contribution in [0, 0.1) is 11.3 Å². The van der Waals surface area contributed by atoms with Crippen LogP contribution in [0.3, 0.4) is 0 Å². The Labute approximate surface area is 67.4 Å². The van der Waals surface area contributed by atoms with Crippen molar-refractivity contribution in [3.05, 3.63) is 0 Å². The average molecular weight is 157 g/mol. The molecular formula is C9H16FN. The SMILES string of the molecule is FCCNCC1(C2CC2)CC1. The summed E-state index contributed by atoms with van der Waals surface area (Å²) in [7, 11) is 0. The number of hydrogen-bond donors (Lipinski definition) is 1. The average Bonchev–Trinajstić information content (AvgIpc) is 2.84. The number of halogens is 1. The van der Waals surface area contributed by atoms with Crippen LogP contribution in [0.2, 0.25) is 0 Å². The Hall–Kier alpha value is -0.110. The zero-order valence-corrected chi connectivity index (χ0v) is 6.91. The lowest BCUT2D eigenvalue weighted by Crippen LogP contribution is -2.27. The van der Waals surface area contributed by atoms with Crippen molar-refractivity contribution < 1.29 is 4.39 Å². The van der Waals surface area contributed by atoms with E-state index in [0.717, 1.165) is 12.5 Å². The summed E-state index contributed by atoms with van der Waals surface area (Å²) in [5, 5.41) is 3.18. The van der Waals surface area contributed by atoms with Crippen LogP contribution < -0.4 is 5.32 Å². The third-order valence-corrected chi connectivity index (χ3v) is 3.08. The van der Waals surface area contributed by atoms with Gasteiger partial charge in [0.2, 0.25) is 0 Å². The van der Waals surface area contributed by atoms with E-state index in [4.69, 9.17) is 0 Å². The minimum Gasteiger partial charge on any atom is -0.314 e. The van der Waals surface area contributed by atoms with Crippen molar-refractivity contribution in [1.29, 1.82) is 0 Å². The van der Waals surface area contributed by atoms with E-state index >= 15 is 0 Å². The molecule has 0 amide bonds. The maximum atomic E-state index is 11.7. The largest absolute Gasteiger partial charge is 0.314 e. The maximum Gasteiger partial charge on any atom is 0.102 e. The smallest absolute Gasteiger partial charge is 0.102 e. The monoisotopic (exact) mass is 157 g/mol. The summed E-state index contributed by atoms with van der Waals surface area (Å²) >= 11 is 0. The van der Waals surface area contributed by atoms with Crippen LogP contribution in [0.25, 0.3) is 0 Å². The lowest BCUT2D eigenvalue weighted by atomic mass is 10.0. The summed E-state index contributed by atoms with van der Waals surface area (Å²) in [5.41, 5.74) is 0.634. The predicted octanol–water partition coefficient (Wildman–Crippen LogP) is 1.74. The van der Waals surface area contributed by atoms with Crippen molar-refractivity contribution in [2.45, 2.75) is 25.7 Å². The van der Waals surface area contributed by atoms with Gasteiger partial charge in [-0.15, -0.1) is 0 Å². The topological polar surface area (TPSA) is 12.0 Å². The Morgan fingerprint density at radius 2 is 2.09 bits per heavy atom. The second-order valence-electron chi connectivity index (χ2n) is 4.00. The predicted molar refractivity (Wildman–Crippen MR) is 43.2 cm³/mol. The minimum absolute atomic E-state index is 0.221. The molecule has 0 radical (unpaired) electrons. The van der Waals surface area contributed by atoms with Crippen LogP contribution in [0.4, 0.5) is 4.39 Å². The lowest BCUT2D eigenvalue weighted by Gasteiger charge is -2.13. The number of hydrogen-bond acceptors (Lipinski definition) is 1. The molecule has 0 aromatic heterocycles. The highest BCUT2D eigenvalue weighted by molar-refractivity contribution is 5.04. The molecule has 2 aliphatic rings. The quantitative estimate of drug-likeness (QED) is 0.599. The lowest BCUT2D eigenvalue weighted by molar-refractivity contribution is 0.383. The van der Waals surface area contributed by atoms with Gasteiger partial charge in [0.15, 0.2) is 0 Å². The molecule has 1 N–H and O–H groups in total. The molecule has 2 rings (SSSR count). The second kappa shape index (κ2) is 2.74. The van der Waals surface area contributed by atoms with Gasteiger partial charge in [0.05, 0.1) is 0 Å². The first-order valence-electron chi connectivity index (χ1n) is 4.64. The normalized spacial score (nSPS) is 27.0. The molecule has 2 saturated carbocycles. The van der Waals surface area contributed by atoms with Gasteiger partial charge in [0.1, 0.15) is 6.67 Å². The van der Waals surface area contributed by atoms with Gasteiger partial charge in [0, 0.05) is 13.1 Å². The molecule has 0 spiro atoms. The van der Waals surface area contributed by atoms with Crippen LogP contribution in [0.15, 0.2) is 0 Å². The molecule has 0 aliphatic heterocycles. The van der Waals surface area contributed by atoms with Gasteiger partial charge >= 0.3 is 0 Å². The Balaban J connectivity index is 1.68. The number of alkyl halides is 1. The van der Waals surface area contributed by atoms with Gasteiger partial charge in [-0.05, 0) is 37.0 Å². The molecule has 0 unspecified atom stereocenters. The Bertz CT molecular complexity index is 138. The fourth-order valence-electron chi connectivity index (χ4n) is 1.99. The molecule has 2 heteroatoms. The van der Waals surface area contributed by atoms with E-state index in [1.807, 2.05) is 0 Å². The highest BCUT2D eigenvalue weighted by Crippen LogP contribution is 2.60. The zero-order chi connectivity index (χ0) is 7.73. The summed E-state index contributed by atoms with van der Waals surface area (Å²) in [4.78, 5) is 0. The fourth-order valence-corrected chi connectivity index (χ4v) is 1.99. The molecule has 0 saturated heterocycles. The van der Waals surface area contributed by atoms with E-state index in [9.17, 15) is 4.39 Å². The standard InChI is InChI=1S/C9H16FN/c10-5-6-11-7-9(3-4-9)8-1-2-8/h8,11H,1-7H2. The fraction of sp³-hybridized carbons (Fsp3) is 1.00. The summed E-state index contributed by atoms with van der Waals surface area (Å²) < 4.78 is 11.7. The summed E-state index contributed by atoms with van der Waals surface area (Å²) in [6, 6.07) is 0. The molecule has 0 bridgehead atoms. The summed E-state index contributed by atoms with van der Waals surface area (Å²) in [5.74, 6) is 0.995. The first-order valence-corrected chi connectivity index (χ1v) is 4.64. The van der Waals surface area contributed by atoms with Crippen molar-refractivity contribution in [3.8, 4) is 0 Å². The van der Waals surface area contributed by atoms with E-state index in [0.29, 0.717) is 12.0 Å². The molecule has 0 heterocycles. The van der Waals surface area contributed by atoms with E-state index in [1.165, 1.54) is 25.7 Å². The van der Waals surface area contributed by atoms with Gasteiger partial charge < -0.3 is 5.32 Å². The maximum absolute atomic E-state index is 11.7. The van der Waals surface area contributed by atoms with Crippen molar-refractivity contribution in [2.24, 2.45) is 11.3 Å². The third-order valence-electron chi connectivity index (χ3n) is 3.08. The Kier molecular flexibility index (Phi) is 1.88. The molecular weight excluding hydrogens is 141 g/mol. The van der Waals surface area contributed by atoms with Crippen molar-refractivity contribution in [1.82, 2.24) is 5.32 Å². The summed E-state index contributed by atoms with van der Waals surface area (Å²) in [6.45, 7) is 1.40. The summed E-state index contributed by atoms with van der Waals surface area (Å²) in [6.07, 6.45) is 5.63. The Morgan fingerprint density at radius 1 is 1.36 bits per heavy atom. The molecule has 1 nitrogen and oxygen atoms in total. The van der Waals surface area contributed by atoms with E-state index in [-0.39, 0.29) is 6.67 Å². The zero-order valence-electron chi connectivity index (χ0n) is 6.91. The molecule has 2 aliphatic carbocycles. The first-order chi connectivity index (χ1) is 5.37. The van der Waals surface area contributed by atoms with Crippen molar-refractivity contribution >= 4 is 0 Å². The first kappa shape index (κ1) is 7.53. The van der Waals surface area contributed by atoms with Crippen LogP contribution >= 0.6 is 0 Å². The second-order valence-corrected chi connectivity index (χ2v) is 4.00. The molecule has 0 aromatic carbocycles.